The molecular formula is C7H15N6+. The van der Waals surface area contributed by atoms with Gasteiger partial charge in [-0.2, -0.15) is 9.60 Å². The summed E-state index contributed by atoms with van der Waals surface area (Å²) in [4.78, 5) is 8.32. The van der Waals surface area contributed by atoms with E-state index in [1.54, 1.807) is 0 Å². The Balaban J connectivity index is 2.25. The van der Waals surface area contributed by atoms with Crippen molar-refractivity contribution >= 4 is 11.9 Å². The number of nitrogens with zero attached hydrogens (tertiary/aromatic N) is 4. The van der Waals surface area contributed by atoms with E-state index in [2.05, 4.69) is 9.98 Å². The number of nitrogens with two attached hydrogens (primary N) is 2. The van der Waals surface area contributed by atoms with E-state index in [-0.39, 0.29) is 0 Å². The molecule has 0 saturated carbocycles. The molecule has 0 aliphatic carbocycles. The van der Waals surface area contributed by atoms with Crippen LogP contribution in [0.4, 0.5) is 0 Å². The van der Waals surface area contributed by atoms with E-state index >= 15 is 0 Å². The molecule has 0 saturated heterocycles. The van der Waals surface area contributed by atoms with Gasteiger partial charge in [0.15, 0.2) is 0 Å². The van der Waals surface area contributed by atoms with Crippen molar-refractivity contribution in [3.05, 3.63) is 0 Å². The van der Waals surface area contributed by atoms with Crippen molar-refractivity contribution in [3.63, 3.8) is 0 Å². The molecule has 4 N–H and O–H groups in total. The highest BCUT2D eigenvalue weighted by Gasteiger charge is 2.41. The first-order valence-corrected chi connectivity index (χ1v) is 4.38. The molecule has 2 rings (SSSR count). The van der Waals surface area contributed by atoms with Gasteiger partial charge in [0.25, 0.3) is 0 Å². The standard InChI is InChI=1S/C7H15N6/c1-13(5-3-11-7(13)9)12-4-2-10-6(12)8/h2-5H2,1H3,(H2,8,10)(H2,9,11)/q+1. The summed E-state index contributed by atoms with van der Waals surface area (Å²) in [7, 11) is 2.01. The van der Waals surface area contributed by atoms with Crippen LogP contribution in [0.25, 0.3) is 0 Å². The molecule has 1 unspecified atom stereocenters. The third-order valence-electron chi connectivity index (χ3n) is 2.69. The molecule has 13 heavy (non-hydrogen) atoms. The van der Waals surface area contributed by atoms with Crippen LogP contribution in [0.3, 0.4) is 0 Å². The number of likely N-dealkylation sites (N-methyl/N-ethyl adjacent to an activating group) is 1. The van der Waals surface area contributed by atoms with Gasteiger partial charge in [-0.3, -0.25) is 0 Å². The molecule has 0 amide bonds. The Morgan fingerprint density at radius 1 is 1.31 bits per heavy atom. The number of aliphatic imine (C=N–C) groups is 2. The first kappa shape index (κ1) is 8.31. The monoisotopic (exact) mass is 183 g/mol. The van der Waals surface area contributed by atoms with Crippen LogP contribution in [-0.4, -0.2) is 54.7 Å². The van der Waals surface area contributed by atoms with Crippen LogP contribution in [0.5, 0.6) is 0 Å². The van der Waals surface area contributed by atoms with E-state index in [1.807, 2.05) is 12.1 Å². The average Bonchev–Trinajstić information content (AvgIpc) is 2.62. The second-order valence-electron chi connectivity index (χ2n) is 3.47. The summed E-state index contributed by atoms with van der Waals surface area (Å²) in [6, 6.07) is 0. The fourth-order valence-corrected chi connectivity index (χ4v) is 1.77. The van der Waals surface area contributed by atoms with Crippen molar-refractivity contribution in [3.8, 4) is 0 Å². The molecule has 6 heteroatoms. The van der Waals surface area contributed by atoms with Crippen LogP contribution in [-0.2, 0) is 0 Å². The molecular weight excluding hydrogens is 168 g/mol. The number of rotatable bonds is 1. The lowest BCUT2D eigenvalue weighted by Crippen LogP contribution is -2.64. The third-order valence-corrected chi connectivity index (χ3v) is 2.69. The van der Waals surface area contributed by atoms with E-state index in [4.69, 9.17) is 11.5 Å². The Bertz CT molecular complexity index is 283. The second kappa shape index (κ2) is 2.59. The molecule has 0 fully saturated rings. The Morgan fingerprint density at radius 3 is 2.54 bits per heavy atom. The van der Waals surface area contributed by atoms with E-state index in [0.29, 0.717) is 16.5 Å². The molecule has 1 atom stereocenters. The summed E-state index contributed by atoms with van der Waals surface area (Å²) < 4.78 is 0.495. The zero-order chi connectivity index (χ0) is 9.47. The molecule has 6 nitrogen and oxygen atoms in total. The predicted molar refractivity (Wildman–Crippen MR) is 50.7 cm³/mol. The van der Waals surface area contributed by atoms with Crippen LogP contribution >= 0.6 is 0 Å². The van der Waals surface area contributed by atoms with E-state index in [0.717, 1.165) is 26.2 Å². The quantitative estimate of drug-likeness (QED) is 0.476. The zero-order valence-electron chi connectivity index (χ0n) is 7.77. The van der Waals surface area contributed by atoms with Crippen LogP contribution in [0.15, 0.2) is 9.98 Å². The van der Waals surface area contributed by atoms with E-state index < -0.39 is 0 Å². The molecule has 0 spiro atoms. The molecule has 0 radical (unpaired) electrons. The first-order valence-electron chi connectivity index (χ1n) is 4.38. The van der Waals surface area contributed by atoms with Crippen molar-refractivity contribution in [2.45, 2.75) is 0 Å². The molecule has 0 aromatic heterocycles. The maximum Gasteiger partial charge on any atom is 0.320 e. The van der Waals surface area contributed by atoms with Crippen molar-refractivity contribution in [1.82, 2.24) is 5.01 Å². The Morgan fingerprint density at radius 2 is 2.08 bits per heavy atom. The molecule has 2 aliphatic heterocycles. The molecule has 0 bridgehead atoms. The third kappa shape index (κ3) is 1.06. The van der Waals surface area contributed by atoms with Crippen molar-refractivity contribution in [2.75, 3.05) is 33.2 Å². The highest BCUT2D eigenvalue weighted by atomic mass is 15.8. The number of quaternary nitrogens is 1. The minimum Gasteiger partial charge on any atom is -0.366 e. The van der Waals surface area contributed by atoms with Gasteiger partial charge in [-0.1, -0.05) is 0 Å². The summed E-state index contributed by atoms with van der Waals surface area (Å²) in [5.41, 5.74) is 11.6. The van der Waals surface area contributed by atoms with E-state index in [9.17, 15) is 0 Å². The lowest BCUT2D eigenvalue weighted by molar-refractivity contribution is -0.921. The van der Waals surface area contributed by atoms with Gasteiger partial charge in [-0.15, -0.1) is 0 Å². The second-order valence-corrected chi connectivity index (χ2v) is 3.47. The van der Waals surface area contributed by atoms with Gasteiger partial charge < -0.3 is 11.5 Å². The largest absolute Gasteiger partial charge is 0.366 e. The van der Waals surface area contributed by atoms with Gasteiger partial charge in [0.2, 0.25) is 5.96 Å². The predicted octanol–water partition coefficient (Wildman–Crippen LogP) is -1.69. The van der Waals surface area contributed by atoms with Gasteiger partial charge in [-0.05, 0) is 0 Å². The average molecular weight is 183 g/mol. The lowest BCUT2D eigenvalue weighted by atomic mass is 10.5. The fourth-order valence-electron chi connectivity index (χ4n) is 1.77. The molecule has 0 aromatic rings. The molecule has 2 aliphatic rings. The number of guanidine groups is 2. The van der Waals surface area contributed by atoms with Crippen molar-refractivity contribution in [2.24, 2.45) is 21.5 Å². The summed E-state index contributed by atoms with van der Waals surface area (Å²) in [6.07, 6.45) is 0. The lowest BCUT2D eigenvalue weighted by Gasteiger charge is -2.35. The Hall–Kier alpha value is -1.30. The van der Waals surface area contributed by atoms with Crippen LogP contribution in [0.2, 0.25) is 0 Å². The van der Waals surface area contributed by atoms with E-state index in [1.165, 1.54) is 0 Å². The van der Waals surface area contributed by atoms with Gasteiger partial charge in [-0.25, -0.2) is 9.98 Å². The summed E-state index contributed by atoms with van der Waals surface area (Å²) in [5.74, 6) is 1.20. The zero-order valence-corrected chi connectivity index (χ0v) is 7.77. The molecule has 0 aromatic carbocycles. The SMILES string of the molecule is C[N+]1(N2CCN=C2N)CCN=C1N. The molecule has 2 heterocycles. The summed E-state index contributed by atoms with van der Waals surface area (Å²) in [5, 5.41) is 1.99. The number of hydrogen-bond donors (Lipinski definition) is 2. The van der Waals surface area contributed by atoms with Gasteiger partial charge in [0.1, 0.15) is 6.54 Å². The van der Waals surface area contributed by atoms with Crippen molar-refractivity contribution in [1.29, 1.82) is 0 Å². The summed E-state index contributed by atoms with van der Waals surface area (Å²) >= 11 is 0. The number of hydrogen-bond acceptors (Lipinski definition) is 5. The molecule has 72 valence electrons. The van der Waals surface area contributed by atoms with Gasteiger partial charge in [0, 0.05) is 0 Å². The van der Waals surface area contributed by atoms with Crippen LogP contribution in [0, 0.1) is 0 Å². The first-order chi connectivity index (χ1) is 6.14. The Kier molecular flexibility index (Phi) is 1.66. The topological polar surface area (TPSA) is 80.0 Å². The van der Waals surface area contributed by atoms with Gasteiger partial charge in [0.05, 0.1) is 26.7 Å². The van der Waals surface area contributed by atoms with Crippen LogP contribution in [0.1, 0.15) is 0 Å². The van der Waals surface area contributed by atoms with Crippen LogP contribution < -0.4 is 11.5 Å². The Labute approximate surface area is 77.1 Å². The maximum atomic E-state index is 5.83. The minimum atomic E-state index is 0.495. The van der Waals surface area contributed by atoms with Crippen molar-refractivity contribution < 1.29 is 4.59 Å². The normalized spacial score (nSPS) is 33.5. The fraction of sp³-hybridized carbons (Fsp3) is 0.714. The van der Waals surface area contributed by atoms with Gasteiger partial charge >= 0.3 is 5.96 Å². The maximum absolute atomic E-state index is 5.83. The highest BCUT2D eigenvalue weighted by molar-refractivity contribution is 5.81. The summed E-state index contributed by atoms with van der Waals surface area (Å²) in [6.45, 7) is 3.24. The highest BCUT2D eigenvalue weighted by Crippen LogP contribution is 2.16. The smallest absolute Gasteiger partial charge is 0.320 e. The minimum absolute atomic E-state index is 0.495.